The first-order valence-electron chi connectivity index (χ1n) is 4.93. The molecular formula is C9H13N3O. The Balaban J connectivity index is 1.79. The van der Waals surface area contributed by atoms with E-state index in [1.165, 1.54) is 25.7 Å². The van der Waals surface area contributed by atoms with Gasteiger partial charge in [-0.15, -0.1) is 0 Å². The number of hydrogen-bond acceptors (Lipinski definition) is 4. The molecule has 70 valence electrons. The van der Waals surface area contributed by atoms with Gasteiger partial charge < -0.3 is 10.3 Å². The predicted molar refractivity (Wildman–Crippen MR) is 45.9 cm³/mol. The van der Waals surface area contributed by atoms with Crippen molar-refractivity contribution in [3.63, 3.8) is 0 Å². The smallest absolute Gasteiger partial charge is 0.229 e. The van der Waals surface area contributed by atoms with Crippen LogP contribution in [0.1, 0.15) is 49.4 Å². The molecule has 1 heterocycles. The van der Waals surface area contributed by atoms with Gasteiger partial charge in [-0.25, -0.2) is 0 Å². The normalized spacial score (nSPS) is 24.7. The Hall–Kier alpha value is -0.900. The lowest BCUT2D eigenvalue weighted by Gasteiger charge is -2.01. The molecule has 0 amide bonds. The van der Waals surface area contributed by atoms with Gasteiger partial charge in [-0.3, -0.25) is 0 Å². The molecule has 0 saturated heterocycles. The molecule has 4 nitrogen and oxygen atoms in total. The highest BCUT2D eigenvalue weighted by Crippen LogP contribution is 2.41. The third kappa shape index (κ3) is 1.35. The van der Waals surface area contributed by atoms with Crippen LogP contribution in [-0.2, 0) is 0 Å². The summed E-state index contributed by atoms with van der Waals surface area (Å²) in [5.74, 6) is 2.65. The molecule has 1 atom stereocenters. The number of aromatic nitrogens is 2. The maximum Gasteiger partial charge on any atom is 0.229 e. The summed E-state index contributed by atoms with van der Waals surface area (Å²) in [7, 11) is 0. The van der Waals surface area contributed by atoms with Crippen molar-refractivity contribution in [2.24, 2.45) is 11.7 Å². The molecule has 1 aromatic rings. The molecule has 0 spiro atoms. The second kappa shape index (κ2) is 2.54. The Morgan fingerprint density at radius 1 is 1.31 bits per heavy atom. The van der Waals surface area contributed by atoms with E-state index in [2.05, 4.69) is 10.1 Å². The molecule has 2 aliphatic carbocycles. The fourth-order valence-corrected chi connectivity index (χ4v) is 1.54. The zero-order valence-corrected chi connectivity index (χ0v) is 7.44. The largest absolute Gasteiger partial charge is 0.339 e. The molecule has 3 rings (SSSR count). The predicted octanol–water partition coefficient (Wildman–Crippen LogP) is 1.36. The molecule has 13 heavy (non-hydrogen) atoms. The molecule has 0 radical (unpaired) electrons. The number of nitrogens with zero attached hydrogens (tertiary/aromatic N) is 2. The quantitative estimate of drug-likeness (QED) is 0.760. The van der Waals surface area contributed by atoms with Gasteiger partial charge in [0, 0.05) is 5.92 Å². The molecule has 0 aromatic carbocycles. The van der Waals surface area contributed by atoms with Gasteiger partial charge in [0.25, 0.3) is 0 Å². The summed E-state index contributed by atoms with van der Waals surface area (Å²) in [4.78, 5) is 4.33. The summed E-state index contributed by atoms with van der Waals surface area (Å²) in [5, 5.41) is 3.93. The Kier molecular flexibility index (Phi) is 1.47. The van der Waals surface area contributed by atoms with Crippen LogP contribution in [-0.4, -0.2) is 10.1 Å². The second-order valence-corrected chi connectivity index (χ2v) is 4.13. The van der Waals surface area contributed by atoms with E-state index in [0.29, 0.717) is 17.7 Å². The molecule has 2 fully saturated rings. The van der Waals surface area contributed by atoms with Gasteiger partial charge in [0.05, 0.1) is 6.04 Å². The average Bonchev–Trinajstić information content (AvgIpc) is 3.02. The zero-order valence-electron chi connectivity index (χ0n) is 7.44. The van der Waals surface area contributed by atoms with Crippen molar-refractivity contribution >= 4 is 0 Å². The lowest BCUT2D eigenvalue weighted by molar-refractivity contribution is 0.368. The van der Waals surface area contributed by atoms with E-state index in [-0.39, 0.29) is 6.04 Å². The molecule has 1 aromatic heterocycles. The summed E-state index contributed by atoms with van der Waals surface area (Å²) in [6.07, 6.45) is 4.82. The highest BCUT2D eigenvalue weighted by atomic mass is 16.5. The van der Waals surface area contributed by atoms with E-state index < -0.39 is 0 Å². The van der Waals surface area contributed by atoms with Crippen LogP contribution in [0.5, 0.6) is 0 Å². The second-order valence-electron chi connectivity index (χ2n) is 4.13. The Morgan fingerprint density at radius 3 is 2.69 bits per heavy atom. The van der Waals surface area contributed by atoms with Crippen LogP contribution in [0.4, 0.5) is 0 Å². The van der Waals surface area contributed by atoms with Crippen LogP contribution >= 0.6 is 0 Å². The van der Waals surface area contributed by atoms with Crippen LogP contribution in [0.25, 0.3) is 0 Å². The average molecular weight is 179 g/mol. The fraction of sp³-hybridized carbons (Fsp3) is 0.778. The van der Waals surface area contributed by atoms with E-state index in [4.69, 9.17) is 10.3 Å². The first kappa shape index (κ1) is 7.50. The molecule has 0 aliphatic heterocycles. The van der Waals surface area contributed by atoms with Crippen LogP contribution in [0, 0.1) is 5.92 Å². The lowest BCUT2D eigenvalue weighted by atomic mass is 10.2. The maximum atomic E-state index is 5.95. The van der Waals surface area contributed by atoms with E-state index in [9.17, 15) is 0 Å². The Labute approximate surface area is 76.5 Å². The van der Waals surface area contributed by atoms with Crippen molar-refractivity contribution in [1.29, 1.82) is 0 Å². The summed E-state index contributed by atoms with van der Waals surface area (Å²) >= 11 is 0. The van der Waals surface area contributed by atoms with Crippen molar-refractivity contribution in [2.75, 3.05) is 0 Å². The molecule has 4 heteroatoms. The third-order valence-corrected chi connectivity index (χ3v) is 2.81. The van der Waals surface area contributed by atoms with E-state index in [0.717, 1.165) is 5.89 Å². The topological polar surface area (TPSA) is 64.9 Å². The number of rotatable bonds is 3. The molecule has 2 N–H and O–H groups in total. The maximum absolute atomic E-state index is 5.95. The first-order valence-corrected chi connectivity index (χ1v) is 4.93. The van der Waals surface area contributed by atoms with Crippen LogP contribution in [0.2, 0.25) is 0 Å². The molecule has 1 unspecified atom stereocenters. The van der Waals surface area contributed by atoms with E-state index in [1.807, 2.05) is 0 Å². The van der Waals surface area contributed by atoms with E-state index in [1.54, 1.807) is 0 Å². The number of hydrogen-bond donors (Lipinski definition) is 1. The SMILES string of the molecule is NC(c1noc(C2CC2)n1)C1CC1. The summed E-state index contributed by atoms with van der Waals surface area (Å²) in [6.45, 7) is 0. The third-order valence-electron chi connectivity index (χ3n) is 2.81. The minimum Gasteiger partial charge on any atom is -0.339 e. The molecule has 2 aliphatic rings. The van der Waals surface area contributed by atoms with Crippen molar-refractivity contribution in [1.82, 2.24) is 10.1 Å². The van der Waals surface area contributed by atoms with Gasteiger partial charge in [-0.2, -0.15) is 4.98 Å². The highest BCUT2D eigenvalue weighted by molar-refractivity contribution is 5.05. The minimum absolute atomic E-state index is 0.0104. The van der Waals surface area contributed by atoms with Crippen LogP contribution < -0.4 is 5.73 Å². The molecule has 0 bridgehead atoms. The summed E-state index contributed by atoms with van der Waals surface area (Å²) < 4.78 is 5.15. The van der Waals surface area contributed by atoms with Crippen molar-refractivity contribution in [3.8, 4) is 0 Å². The van der Waals surface area contributed by atoms with Gasteiger partial charge in [-0.1, -0.05) is 5.16 Å². The zero-order chi connectivity index (χ0) is 8.84. The standard InChI is InChI=1S/C9H13N3O/c10-7(5-1-2-5)8-11-9(13-12-8)6-3-4-6/h5-7H,1-4,10H2. The van der Waals surface area contributed by atoms with Gasteiger partial charge >= 0.3 is 0 Å². The highest BCUT2D eigenvalue weighted by Gasteiger charge is 2.35. The lowest BCUT2D eigenvalue weighted by Crippen LogP contribution is -2.14. The van der Waals surface area contributed by atoms with Crippen LogP contribution in [0.15, 0.2) is 4.52 Å². The van der Waals surface area contributed by atoms with Crippen LogP contribution in [0.3, 0.4) is 0 Å². The fourth-order valence-electron chi connectivity index (χ4n) is 1.54. The molecular weight excluding hydrogens is 166 g/mol. The van der Waals surface area contributed by atoms with E-state index >= 15 is 0 Å². The van der Waals surface area contributed by atoms with Gasteiger partial charge in [-0.05, 0) is 31.6 Å². The van der Waals surface area contributed by atoms with Gasteiger partial charge in [0.15, 0.2) is 5.82 Å². The first-order chi connectivity index (χ1) is 6.34. The Bertz CT molecular complexity index is 314. The molecule has 2 saturated carbocycles. The summed E-state index contributed by atoms with van der Waals surface area (Å²) in [6, 6.07) is 0.0104. The van der Waals surface area contributed by atoms with Gasteiger partial charge in [0.1, 0.15) is 0 Å². The number of nitrogens with two attached hydrogens (primary N) is 1. The Morgan fingerprint density at radius 2 is 2.08 bits per heavy atom. The van der Waals surface area contributed by atoms with Crippen molar-refractivity contribution < 1.29 is 4.52 Å². The minimum atomic E-state index is 0.0104. The van der Waals surface area contributed by atoms with Crippen molar-refractivity contribution in [3.05, 3.63) is 11.7 Å². The summed E-state index contributed by atoms with van der Waals surface area (Å²) in [5.41, 5.74) is 5.95. The monoisotopic (exact) mass is 179 g/mol. The van der Waals surface area contributed by atoms with Gasteiger partial charge in [0.2, 0.25) is 5.89 Å². The van der Waals surface area contributed by atoms with Crippen molar-refractivity contribution in [2.45, 2.75) is 37.6 Å².